The lowest BCUT2D eigenvalue weighted by Crippen LogP contribution is -2.44. The van der Waals surface area contributed by atoms with Crippen molar-refractivity contribution in [2.24, 2.45) is 17.3 Å². The van der Waals surface area contributed by atoms with Gasteiger partial charge in [0.15, 0.2) is 0 Å². The highest BCUT2D eigenvalue weighted by molar-refractivity contribution is 7.91. The fourth-order valence-electron chi connectivity index (χ4n) is 3.40. The maximum absolute atomic E-state index is 11.9. The van der Waals surface area contributed by atoms with Crippen LogP contribution in [0, 0.1) is 17.3 Å². The minimum Gasteiger partial charge on any atom is -0.377 e. The first-order chi connectivity index (χ1) is 9.88. The number of hydrogen-bond acceptors (Lipinski definition) is 4. The predicted molar refractivity (Wildman–Crippen MR) is 86.2 cm³/mol. The molecule has 2 fully saturated rings. The van der Waals surface area contributed by atoms with Crippen LogP contribution in [0.3, 0.4) is 0 Å². The molecule has 0 bridgehead atoms. The van der Waals surface area contributed by atoms with Crippen molar-refractivity contribution < 1.29 is 13.2 Å². The van der Waals surface area contributed by atoms with Gasteiger partial charge in [-0.2, -0.15) is 0 Å². The van der Waals surface area contributed by atoms with Gasteiger partial charge in [0.2, 0.25) is 0 Å². The average molecular weight is 317 g/mol. The molecule has 0 amide bonds. The SMILES string of the molecule is CCS(=O)(=O)CCC1(CNCC(C)C)CCOC1C1CC1. The van der Waals surface area contributed by atoms with Crippen molar-refractivity contribution in [3.63, 3.8) is 0 Å². The Bertz CT molecular complexity index is 431. The third-order valence-corrected chi connectivity index (χ3v) is 6.64. The summed E-state index contributed by atoms with van der Waals surface area (Å²) in [5, 5.41) is 3.56. The van der Waals surface area contributed by atoms with Crippen molar-refractivity contribution in [3.8, 4) is 0 Å². The van der Waals surface area contributed by atoms with Crippen LogP contribution in [0.5, 0.6) is 0 Å². The maximum atomic E-state index is 11.9. The van der Waals surface area contributed by atoms with E-state index in [1.807, 2.05) is 0 Å². The highest BCUT2D eigenvalue weighted by Crippen LogP contribution is 2.49. The Hall–Kier alpha value is -0.130. The van der Waals surface area contributed by atoms with Crippen LogP contribution in [0.4, 0.5) is 0 Å². The van der Waals surface area contributed by atoms with Crippen LogP contribution in [-0.2, 0) is 14.6 Å². The van der Waals surface area contributed by atoms with Gasteiger partial charge in [-0.3, -0.25) is 0 Å². The van der Waals surface area contributed by atoms with Gasteiger partial charge in [-0.1, -0.05) is 20.8 Å². The van der Waals surface area contributed by atoms with Gasteiger partial charge < -0.3 is 10.1 Å². The average Bonchev–Trinajstić information content (AvgIpc) is 3.18. The summed E-state index contributed by atoms with van der Waals surface area (Å²) in [6, 6.07) is 0. The van der Waals surface area contributed by atoms with E-state index in [2.05, 4.69) is 19.2 Å². The van der Waals surface area contributed by atoms with Crippen LogP contribution < -0.4 is 5.32 Å². The summed E-state index contributed by atoms with van der Waals surface area (Å²) in [6.45, 7) is 8.81. The smallest absolute Gasteiger partial charge is 0.150 e. The lowest BCUT2D eigenvalue weighted by atomic mass is 9.76. The molecular weight excluding hydrogens is 286 g/mol. The first-order valence-electron chi connectivity index (χ1n) is 8.41. The van der Waals surface area contributed by atoms with Crippen molar-refractivity contribution in [3.05, 3.63) is 0 Å². The van der Waals surface area contributed by atoms with Gasteiger partial charge in [0.05, 0.1) is 11.9 Å². The molecule has 1 saturated carbocycles. The molecule has 2 unspecified atom stereocenters. The Morgan fingerprint density at radius 1 is 1.33 bits per heavy atom. The standard InChI is InChI=1S/C16H31NO3S/c1-4-21(18,19)10-8-16(12-17-11-13(2)3)7-9-20-15(16)14-5-6-14/h13-15,17H,4-12H2,1-3H3. The topological polar surface area (TPSA) is 55.4 Å². The Balaban J connectivity index is 2.02. The van der Waals surface area contributed by atoms with Crippen LogP contribution in [0.1, 0.15) is 46.5 Å². The number of hydrogen-bond donors (Lipinski definition) is 1. The highest BCUT2D eigenvalue weighted by Gasteiger charge is 2.50. The summed E-state index contributed by atoms with van der Waals surface area (Å²) >= 11 is 0. The zero-order valence-electron chi connectivity index (χ0n) is 13.7. The first kappa shape index (κ1) is 17.2. The Kier molecular flexibility index (Phi) is 5.71. The Morgan fingerprint density at radius 2 is 2.05 bits per heavy atom. The fraction of sp³-hybridized carbons (Fsp3) is 1.00. The van der Waals surface area contributed by atoms with Gasteiger partial charge in [0, 0.05) is 24.3 Å². The van der Waals surface area contributed by atoms with E-state index in [1.165, 1.54) is 12.8 Å². The van der Waals surface area contributed by atoms with Gasteiger partial charge in [-0.05, 0) is 44.1 Å². The predicted octanol–water partition coefficient (Wildman–Crippen LogP) is 2.24. The molecule has 1 aliphatic carbocycles. The minimum absolute atomic E-state index is 0.0261. The number of ether oxygens (including phenoxy) is 1. The molecule has 2 aliphatic rings. The van der Waals surface area contributed by atoms with Crippen LogP contribution >= 0.6 is 0 Å². The van der Waals surface area contributed by atoms with Crippen LogP contribution in [0.2, 0.25) is 0 Å². The van der Waals surface area contributed by atoms with E-state index >= 15 is 0 Å². The van der Waals surface area contributed by atoms with E-state index in [0.29, 0.717) is 17.6 Å². The minimum atomic E-state index is -2.90. The molecule has 2 rings (SSSR count). The van der Waals surface area contributed by atoms with Crippen molar-refractivity contribution in [2.75, 3.05) is 31.2 Å². The molecule has 0 aromatic carbocycles. The molecule has 5 heteroatoms. The molecule has 0 aromatic rings. The third-order valence-electron chi connectivity index (χ3n) is 4.93. The number of rotatable bonds is 9. The lowest BCUT2D eigenvalue weighted by Gasteiger charge is -2.35. The number of sulfone groups is 1. The monoisotopic (exact) mass is 317 g/mol. The fourth-order valence-corrected chi connectivity index (χ4v) is 4.41. The molecule has 1 N–H and O–H groups in total. The van der Waals surface area contributed by atoms with E-state index < -0.39 is 9.84 Å². The van der Waals surface area contributed by atoms with Crippen LogP contribution in [0.25, 0.3) is 0 Å². The zero-order valence-corrected chi connectivity index (χ0v) is 14.5. The molecule has 1 aliphatic heterocycles. The second-order valence-electron chi connectivity index (χ2n) is 7.25. The molecule has 4 nitrogen and oxygen atoms in total. The molecule has 0 radical (unpaired) electrons. The molecule has 21 heavy (non-hydrogen) atoms. The zero-order chi connectivity index (χ0) is 15.5. The Labute approximate surface area is 129 Å². The van der Waals surface area contributed by atoms with E-state index in [1.54, 1.807) is 6.92 Å². The van der Waals surface area contributed by atoms with Crippen molar-refractivity contribution >= 4 is 9.84 Å². The highest BCUT2D eigenvalue weighted by atomic mass is 32.2. The summed E-state index contributed by atoms with van der Waals surface area (Å²) in [7, 11) is -2.90. The van der Waals surface area contributed by atoms with Gasteiger partial charge in [0.1, 0.15) is 9.84 Å². The Morgan fingerprint density at radius 3 is 2.62 bits per heavy atom. The second-order valence-corrected chi connectivity index (χ2v) is 9.73. The van der Waals surface area contributed by atoms with E-state index in [-0.39, 0.29) is 17.3 Å². The second kappa shape index (κ2) is 6.97. The van der Waals surface area contributed by atoms with Gasteiger partial charge in [0.25, 0.3) is 0 Å². The maximum Gasteiger partial charge on any atom is 0.150 e. The molecule has 0 spiro atoms. The van der Waals surface area contributed by atoms with Crippen molar-refractivity contribution in [1.82, 2.24) is 5.32 Å². The van der Waals surface area contributed by atoms with Crippen LogP contribution in [-0.4, -0.2) is 45.7 Å². The molecular formula is C16H31NO3S. The van der Waals surface area contributed by atoms with Gasteiger partial charge in [-0.25, -0.2) is 8.42 Å². The summed E-state index contributed by atoms with van der Waals surface area (Å²) in [6.07, 6.45) is 4.51. The van der Waals surface area contributed by atoms with Crippen LogP contribution in [0.15, 0.2) is 0 Å². The molecule has 2 atom stereocenters. The third kappa shape index (κ3) is 4.67. The molecule has 1 heterocycles. The first-order valence-corrected chi connectivity index (χ1v) is 10.2. The summed E-state index contributed by atoms with van der Waals surface area (Å²) in [5.41, 5.74) is 0.0261. The normalized spacial score (nSPS) is 30.2. The molecule has 124 valence electrons. The lowest BCUT2D eigenvalue weighted by molar-refractivity contribution is 0.0289. The summed E-state index contributed by atoms with van der Waals surface area (Å²) in [5.74, 6) is 1.83. The number of nitrogens with one attached hydrogen (secondary N) is 1. The molecule has 1 saturated heterocycles. The van der Waals surface area contributed by atoms with E-state index in [4.69, 9.17) is 4.74 Å². The molecule has 0 aromatic heterocycles. The van der Waals surface area contributed by atoms with E-state index in [9.17, 15) is 8.42 Å². The van der Waals surface area contributed by atoms with Crippen molar-refractivity contribution in [2.45, 2.75) is 52.6 Å². The van der Waals surface area contributed by atoms with E-state index in [0.717, 1.165) is 32.5 Å². The van der Waals surface area contributed by atoms with Gasteiger partial charge >= 0.3 is 0 Å². The largest absolute Gasteiger partial charge is 0.377 e. The quantitative estimate of drug-likeness (QED) is 0.708. The summed E-state index contributed by atoms with van der Waals surface area (Å²) < 4.78 is 29.8. The summed E-state index contributed by atoms with van der Waals surface area (Å²) in [4.78, 5) is 0. The van der Waals surface area contributed by atoms with Crippen molar-refractivity contribution in [1.29, 1.82) is 0 Å². The van der Waals surface area contributed by atoms with Gasteiger partial charge in [-0.15, -0.1) is 0 Å².